The number of fused-ring (bicyclic) bond motifs is 2. The summed E-state index contributed by atoms with van der Waals surface area (Å²) in [4.78, 5) is 12.6. The van der Waals surface area contributed by atoms with Crippen LogP contribution in [0.5, 0.6) is 5.75 Å². The van der Waals surface area contributed by atoms with Crippen LogP contribution in [0.1, 0.15) is 43.4 Å². The molecule has 0 saturated carbocycles. The van der Waals surface area contributed by atoms with E-state index in [1.165, 1.54) is 0 Å². The lowest BCUT2D eigenvalue weighted by Crippen LogP contribution is -2.42. The second kappa shape index (κ2) is 7.06. The number of nitrogens with one attached hydrogen (secondary N) is 1. The zero-order chi connectivity index (χ0) is 19.0. The first-order valence-corrected chi connectivity index (χ1v) is 9.30. The molecule has 3 heterocycles. The lowest BCUT2D eigenvalue weighted by atomic mass is 10.0. The Kier molecular flexibility index (Phi) is 4.59. The van der Waals surface area contributed by atoms with Gasteiger partial charge in [-0.25, -0.2) is 0 Å². The highest BCUT2D eigenvalue weighted by Gasteiger charge is 2.25. The fourth-order valence-electron chi connectivity index (χ4n) is 3.67. The summed E-state index contributed by atoms with van der Waals surface area (Å²) in [5, 5.41) is 12.7. The van der Waals surface area contributed by atoms with Crippen LogP contribution >= 0.6 is 0 Å². The van der Waals surface area contributed by atoms with Crippen LogP contribution in [0.25, 0.3) is 11.0 Å². The van der Waals surface area contributed by atoms with Crippen molar-refractivity contribution in [1.29, 1.82) is 0 Å². The van der Waals surface area contributed by atoms with E-state index in [9.17, 15) is 4.79 Å². The minimum absolute atomic E-state index is 0.00106. The monoisotopic (exact) mass is 368 g/mol. The molecule has 1 N–H and O–H groups in total. The number of nitrogens with zero attached hydrogens (tertiary/aromatic N) is 3. The van der Waals surface area contributed by atoms with Crippen molar-refractivity contribution in [2.75, 3.05) is 7.11 Å². The highest BCUT2D eigenvalue weighted by Crippen LogP contribution is 2.26. The summed E-state index contributed by atoms with van der Waals surface area (Å²) in [6, 6.07) is 5.73. The van der Waals surface area contributed by atoms with Gasteiger partial charge in [0, 0.05) is 41.9 Å². The van der Waals surface area contributed by atoms with Crippen molar-refractivity contribution in [1.82, 2.24) is 20.1 Å². The SMILES string of the molecule is COc1ccc2c(CC(=O)N[C@H]3CCc4nnc(C(C)C)n4C3)coc2c1. The van der Waals surface area contributed by atoms with Crippen LogP contribution in [0.4, 0.5) is 0 Å². The Bertz CT molecular complexity index is 973. The molecular formula is C20H24N4O3. The maximum Gasteiger partial charge on any atom is 0.224 e. The zero-order valence-corrected chi connectivity index (χ0v) is 15.9. The molecular weight excluding hydrogens is 344 g/mol. The van der Waals surface area contributed by atoms with E-state index in [0.29, 0.717) is 12.3 Å². The van der Waals surface area contributed by atoms with Crippen molar-refractivity contribution in [3.63, 3.8) is 0 Å². The number of rotatable bonds is 5. The summed E-state index contributed by atoms with van der Waals surface area (Å²) in [5.41, 5.74) is 1.61. The molecule has 0 radical (unpaired) electrons. The van der Waals surface area contributed by atoms with Crippen LogP contribution in [-0.2, 0) is 24.2 Å². The van der Waals surface area contributed by atoms with Gasteiger partial charge in [-0.05, 0) is 18.6 Å². The predicted octanol–water partition coefficient (Wildman–Crippen LogP) is 2.83. The molecule has 4 rings (SSSR count). The summed E-state index contributed by atoms with van der Waals surface area (Å²) >= 11 is 0. The quantitative estimate of drug-likeness (QED) is 0.749. The Hall–Kier alpha value is -2.83. The average molecular weight is 368 g/mol. The van der Waals surface area contributed by atoms with E-state index in [4.69, 9.17) is 9.15 Å². The molecule has 2 aromatic heterocycles. The van der Waals surface area contributed by atoms with Gasteiger partial charge < -0.3 is 19.0 Å². The second-order valence-corrected chi connectivity index (χ2v) is 7.34. The fourth-order valence-corrected chi connectivity index (χ4v) is 3.67. The van der Waals surface area contributed by atoms with Gasteiger partial charge >= 0.3 is 0 Å². The summed E-state index contributed by atoms with van der Waals surface area (Å²) < 4.78 is 12.9. The molecule has 0 unspecified atom stereocenters. The van der Waals surface area contributed by atoms with Crippen molar-refractivity contribution >= 4 is 16.9 Å². The molecule has 0 spiro atoms. The molecule has 0 fully saturated rings. The van der Waals surface area contributed by atoms with E-state index in [2.05, 4.69) is 33.9 Å². The van der Waals surface area contributed by atoms with Gasteiger partial charge in [-0.15, -0.1) is 10.2 Å². The third-order valence-electron chi connectivity index (χ3n) is 5.07. The maximum atomic E-state index is 12.6. The summed E-state index contributed by atoms with van der Waals surface area (Å²) in [6.07, 6.45) is 3.66. The van der Waals surface area contributed by atoms with Crippen molar-refractivity contribution in [3.05, 3.63) is 41.7 Å². The molecule has 0 aliphatic carbocycles. The smallest absolute Gasteiger partial charge is 0.224 e. The summed E-state index contributed by atoms with van der Waals surface area (Å²) in [5.74, 6) is 3.05. The van der Waals surface area contributed by atoms with Gasteiger partial charge in [0.25, 0.3) is 0 Å². The number of amides is 1. The number of methoxy groups -OCH3 is 1. The van der Waals surface area contributed by atoms with Crippen molar-refractivity contribution in [2.45, 2.75) is 51.6 Å². The van der Waals surface area contributed by atoms with Crippen LogP contribution in [0.3, 0.4) is 0 Å². The van der Waals surface area contributed by atoms with Crippen LogP contribution in [0.2, 0.25) is 0 Å². The summed E-state index contributed by atoms with van der Waals surface area (Å²) in [6.45, 7) is 4.95. The molecule has 1 aromatic carbocycles. The zero-order valence-electron chi connectivity index (χ0n) is 15.9. The highest BCUT2D eigenvalue weighted by atomic mass is 16.5. The molecule has 7 nitrogen and oxygen atoms in total. The summed E-state index contributed by atoms with van der Waals surface area (Å²) in [7, 11) is 1.62. The van der Waals surface area contributed by atoms with E-state index in [0.717, 1.165) is 53.3 Å². The maximum absolute atomic E-state index is 12.6. The van der Waals surface area contributed by atoms with Crippen LogP contribution in [-0.4, -0.2) is 33.8 Å². The first kappa shape index (κ1) is 17.6. The van der Waals surface area contributed by atoms with E-state index in [-0.39, 0.29) is 11.9 Å². The minimum Gasteiger partial charge on any atom is -0.497 e. The lowest BCUT2D eigenvalue weighted by Gasteiger charge is -2.25. The Morgan fingerprint density at radius 2 is 2.26 bits per heavy atom. The van der Waals surface area contributed by atoms with Gasteiger partial charge in [-0.2, -0.15) is 0 Å². The third-order valence-corrected chi connectivity index (χ3v) is 5.07. The van der Waals surface area contributed by atoms with Gasteiger partial charge in [0.2, 0.25) is 5.91 Å². The number of carbonyl (C=O) groups is 1. The van der Waals surface area contributed by atoms with E-state index < -0.39 is 0 Å². The number of benzene rings is 1. The van der Waals surface area contributed by atoms with Crippen LogP contribution in [0, 0.1) is 0 Å². The van der Waals surface area contributed by atoms with Gasteiger partial charge in [-0.3, -0.25) is 4.79 Å². The standard InChI is InChI=1S/C20H24N4O3/c1-12(2)20-23-22-18-7-4-14(10-24(18)20)21-19(25)8-13-11-27-17-9-15(26-3)5-6-16(13)17/h5-6,9,11-12,14H,4,7-8,10H2,1-3H3,(H,21,25)/t14-/m0/s1. The molecule has 27 heavy (non-hydrogen) atoms. The van der Waals surface area contributed by atoms with E-state index in [1.807, 2.05) is 18.2 Å². The molecule has 7 heteroatoms. The largest absolute Gasteiger partial charge is 0.497 e. The van der Waals surface area contributed by atoms with Crippen LogP contribution < -0.4 is 10.1 Å². The van der Waals surface area contributed by atoms with Crippen molar-refractivity contribution in [3.8, 4) is 5.75 Å². The van der Waals surface area contributed by atoms with Gasteiger partial charge in [0.05, 0.1) is 19.8 Å². The molecule has 1 amide bonds. The van der Waals surface area contributed by atoms with Crippen molar-refractivity contribution in [2.24, 2.45) is 0 Å². The number of aromatic nitrogens is 3. The van der Waals surface area contributed by atoms with Gasteiger partial charge in [-0.1, -0.05) is 13.8 Å². The number of carbonyl (C=O) groups excluding carboxylic acids is 1. The Morgan fingerprint density at radius 3 is 3.04 bits per heavy atom. The number of aryl methyl sites for hydroxylation is 1. The van der Waals surface area contributed by atoms with Gasteiger partial charge in [0.15, 0.2) is 0 Å². The number of ether oxygens (including phenoxy) is 1. The first-order chi connectivity index (χ1) is 13.0. The van der Waals surface area contributed by atoms with E-state index in [1.54, 1.807) is 13.4 Å². The fraction of sp³-hybridized carbons (Fsp3) is 0.450. The number of hydrogen-bond acceptors (Lipinski definition) is 5. The first-order valence-electron chi connectivity index (χ1n) is 9.30. The Balaban J connectivity index is 1.43. The average Bonchev–Trinajstić information content (AvgIpc) is 3.25. The Morgan fingerprint density at radius 1 is 1.41 bits per heavy atom. The molecule has 142 valence electrons. The van der Waals surface area contributed by atoms with Crippen LogP contribution in [0.15, 0.2) is 28.9 Å². The normalized spacial score (nSPS) is 16.5. The molecule has 0 saturated heterocycles. The third kappa shape index (κ3) is 3.41. The lowest BCUT2D eigenvalue weighted by molar-refractivity contribution is -0.121. The molecule has 1 atom stereocenters. The Labute approximate surface area is 157 Å². The van der Waals surface area contributed by atoms with Crippen molar-refractivity contribution < 1.29 is 13.9 Å². The molecule has 0 bridgehead atoms. The molecule has 1 aliphatic rings. The number of hydrogen-bond donors (Lipinski definition) is 1. The molecule has 3 aromatic rings. The van der Waals surface area contributed by atoms with Gasteiger partial charge in [0.1, 0.15) is 23.0 Å². The van der Waals surface area contributed by atoms with E-state index >= 15 is 0 Å². The minimum atomic E-state index is 0.00106. The number of furan rings is 1. The highest BCUT2D eigenvalue weighted by molar-refractivity contribution is 5.88. The topological polar surface area (TPSA) is 82.2 Å². The predicted molar refractivity (Wildman–Crippen MR) is 101 cm³/mol. The molecule has 1 aliphatic heterocycles. The second-order valence-electron chi connectivity index (χ2n) is 7.34.